The van der Waals surface area contributed by atoms with E-state index in [0.29, 0.717) is 38.2 Å². The number of amidine groups is 1. The lowest BCUT2D eigenvalue weighted by molar-refractivity contribution is 0.142. The summed E-state index contributed by atoms with van der Waals surface area (Å²) in [6.45, 7) is 6.91. The number of rotatable bonds is 5. The van der Waals surface area contributed by atoms with Gasteiger partial charge in [0.25, 0.3) is 5.56 Å². The third-order valence-corrected chi connectivity index (χ3v) is 7.32. The van der Waals surface area contributed by atoms with Crippen molar-refractivity contribution in [1.82, 2.24) is 4.98 Å². The van der Waals surface area contributed by atoms with Crippen LogP contribution in [0.15, 0.2) is 45.2 Å². The maximum Gasteiger partial charge on any atom is 0.261 e. The van der Waals surface area contributed by atoms with Crippen molar-refractivity contribution in [1.29, 1.82) is 5.26 Å². The van der Waals surface area contributed by atoms with Crippen LogP contribution in [0.1, 0.15) is 45.6 Å². The Morgan fingerprint density at radius 3 is 2.78 bits per heavy atom. The number of aliphatic imine (C=N–C) groups is 1. The summed E-state index contributed by atoms with van der Waals surface area (Å²) in [6.07, 6.45) is 9.00. The molecule has 1 aliphatic carbocycles. The number of aromatic amines is 1. The maximum absolute atomic E-state index is 12.6. The summed E-state index contributed by atoms with van der Waals surface area (Å²) in [6, 6.07) is 3.67. The van der Waals surface area contributed by atoms with Crippen molar-refractivity contribution in [3.05, 3.63) is 51.3 Å². The van der Waals surface area contributed by atoms with Gasteiger partial charge in [0.1, 0.15) is 11.4 Å². The number of hydrogen-bond donors (Lipinski definition) is 3. The molecule has 0 radical (unpaired) electrons. The smallest absolute Gasteiger partial charge is 0.261 e. The zero-order chi connectivity index (χ0) is 23.3. The highest BCUT2D eigenvalue weighted by Gasteiger charge is 2.26. The van der Waals surface area contributed by atoms with Crippen LogP contribution in [0, 0.1) is 17.2 Å². The molecule has 9 heteroatoms. The lowest BCUT2D eigenvalue weighted by Crippen LogP contribution is -2.33. The van der Waals surface area contributed by atoms with E-state index in [2.05, 4.69) is 21.4 Å². The Morgan fingerprint density at radius 2 is 2.12 bits per heavy atom. The Balaban J connectivity index is 1.81. The Bertz CT molecular complexity index is 1040. The first-order chi connectivity index (χ1) is 15.2. The summed E-state index contributed by atoms with van der Waals surface area (Å²) in [5, 5.41) is 12.9. The van der Waals surface area contributed by atoms with Crippen molar-refractivity contribution < 1.29 is 8.95 Å². The van der Waals surface area contributed by atoms with Gasteiger partial charge in [-0.05, 0) is 52.2 Å². The third kappa shape index (κ3) is 5.75. The molecule has 172 valence electrons. The maximum atomic E-state index is 12.6. The van der Waals surface area contributed by atoms with E-state index in [1.54, 1.807) is 12.3 Å². The van der Waals surface area contributed by atoms with Gasteiger partial charge < -0.3 is 20.8 Å². The van der Waals surface area contributed by atoms with Crippen LogP contribution in [0.4, 0.5) is 5.69 Å². The van der Waals surface area contributed by atoms with E-state index in [4.69, 9.17) is 10.5 Å². The van der Waals surface area contributed by atoms with Gasteiger partial charge in [0, 0.05) is 35.1 Å². The number of H-pyrrole nitrogens is 1. The molecule has 3 rings (SSSR count). The van der Waals surface area contributed by atoms with Crippen LogP contribution >= 0.6 is 0 Å². The molecule has 1 aromatic rings. The number of pyridine rings is 1. The molecule has 1 fully saturated rings. The lowest BCUT2D eigenvalue weighted by Gasteiger charge is -2.23. The first kappa shape index (κ1) is 24.0. The molecule has 0 saturated carbocycles. The first-order valence-corrected chi connectivity index (χ1v) is 11.9. The SMILES string of the molecule is CC(C)(C)S(=O)C1=CCC(N=C(N)c2c(N[C@H]3CCOCC[C@H]3C#N)cc[nH]c2=O)C=C1. The Labute approximate surface area is 191 Å². The van der Waals surface area contributed by atoms with Crippen LogP contribution in [0.2, 0.25) is 0 Å². The van der Waals surface area contributed by atoms with Crippen LogP contribution in [0.25, 0.3) is 0 Å². The number of nitrogens with zero attached hydrogens (tertiary/aromatic N) is 2. The minimum Gasteiger partial charge on any atom is -0.383 e. The highest BCUT2D eigenvalue weighted by atomic mass is 32.2. The van der Waals surface area contributed by atoms with E-state index in [1.807, 2.05) is 39.0 Å². The molecule has 0 spiro atoms. The van der Waals surface area contributed by atoms with E-state index in [1.165, 1.54) is 0 Å². The second-order valence-electron chi connectivity index (χ2n) is 8.94. The molecule has 0 bridgehead atoms. The average Bonchev–Trinajstić information content (AvgIpc) is 2.98. The molecule has 1 aliphatic heterocycles. The van der Waals surface area contributed by atoms with Crippen LogP contribution in [-0.4, -0.2) is 45.1 Å². The topological polar surface area (TPSA) is 133 Å². The molecule has 2 heterocycles. The fraction of sp³-hybridized carbons (Fsp3) is 0.522. The second kappa shape index (κ2) is 10.3. The molecule has 4 atom stereocenters. The van der Waals surface area contributed by atoms with Crippen molar-refractivity contribution in [3.8, 4) is 6.07 Å². The van der Waals surface area contributed by atoms with E-state index in [9.17, 15) is 14.3 Å². The van der Waals surface area contributed by atoms with Gasteiger partial charge in [-0.1, -0.05) is 12.2 Å². The molecule has 0 aromatic carbocycles. The summed E-state index contributed by atoms with van der Waals surface area (Å²) in [7, 11) is -1.11. The molecule has 32 heavy (non-hydrogen) atoms. The van der Waals surface area contributed by atoms with Crippen LogP contribution in [0.5, 0.6) is 0 Å². The zero-order valence-corrected chi connectivity index (χ0v) is 19.6. The highest BCUT2D eigenvalue weighted by molar-refractivity contribution is 7.90. The largest absolute Gasteiger partial charge is 0.383 e. The van der Waals surface area contributed by atoms with E-state index < -0.39 is 10.8 Å². The van der Waals surface area contributed by atoms with Gasteiger partial charge >= 0.3 is 0 Å². The van der Waals surface area contributed by atoms with Gasteiger partial charge in [-0.25, -0.2) is 0 Å². The number of anilines is 1. The van der Waals surface area contributed by atoms with Gasteiger partial charge in [-0.3, -0.25) is 14.0 Å². The monoisotopic (exact) mass is 457 g/mol. The van der Waals surface area contributed by atoms with E-state index >= 15 is 0 Å². The van der Waals surface area contributed by atoms with Crippen LogP contribution in [-0.2, 0) is 15.5 Å². The molecular formula is C23H31N5O3S. The molecule has 4 N–H and O–H groups in total. The summed E-state index contributed by atoms with van der Waals surface area (Å²) < 4.78 is 17.7. The molecule has 1 aromatic heterocycles. The summed E-state index contributed by atoms with van der Waals surface area (Å²) in [5.74, 6) is -0.104. The highest BCUT2D eigenvalue weighted by Crippen LogP contribution is 2.25. The van der Waals surface area contributed by atoms with Crippen LogP contribution in [0.3, 0.4) is 0 Å². The Hall–Kier alpha value is -2.70. The van der Waals surface area contributed by atoms with Gasteiger partial charge in [0.05, 0.1) is 34.5 Å². The average molecular weight is 458 g/mol. The minimum absolute atomic E-state index is 0.121. The normalized spacial score (nSPS) is 25.4. The third-order valence-electron chi connectivity index (χ3n) is 5.47. The summed E-state index contributed by atoms with van der Waals surface area (Å²) >= 11 is 0. The van der Waals surface area contributed by atoms with Crippen molar-refractivity contribution >= 4 is 22.3 Å². The number of nitriles is 1. The first-order valence-electron chi connectivity index (χ1n) is 10.8. The van der Waals surface area contributed by atoms with Crippen molar-refractivity contribution in [2.75, 3.05) is 18.5 Å². The number of allylic oxidation sites excluding steroid dienone is 1. The lowest BCUT2D eigenvalue weighted by atomic mass is 9.96. The fourth-order valence-electron chi connectivity index (χ4n) is 3.72. The summed E-state index contributed by atoms with van der Waals surface area (Å²) in [4.78, 5) is 20.6. The van der Waals surface area contributed by atoms with E-state index in [0.717, 1.165) is 4.91 Å². The van der Waals surface area contributed by atoms with E-state index in [-0.39, 0.29) is 39.7 Å². The van der Waals surface area contributed by atoms with Gasteiger partial charge in [-0.15, -0.1) is 0 Å². The second-order valence-corrected chi connectivity index (χ2v) is 11.2. The van der Waals surface area contributed by atoms with Crippen LogP contribution < -0.4 is 16.6 Å². The minimum atomic E-state index is -1.11. The fourth-order valence-corrected chi connectivity index (χ4v) is 4.88. The molecular weight excluding hydrogens is 426 g/mol. The Morgan fingerprint density at radius 1 is 1.38 bits per heavy atom. The molecule has 2 unspecified atom stereocenters. The number of hydrogen-bond acceptors (Lipinski definition) is 6. The standard InChI is InChI=1S/C23H31N5O3S/c1-23(2,3)32(30)17-6-4-16(5-7-17)27-21(25)20-19(8-11-26-22(20)29)28-18-10-13-31-12-9-15(18)14-24/h4,6-8,11,15-16,18H,5,9-10,12-13H2,1-3H3,(H2,25,27)(H2,26,28,29)/t15-,16?,18-,32?/m0/s1. The van der Waals surface area contributed by atoms with Crippen molar-refractivity contribution in [3.63, 3.8) is 0 Å². The number of nitrogens with one attached hydrogen (secondary N) is 2. The molecule has 8 nitrogen and oxygen atoms in total. The zero-order valence-electron chi connectivity index (χ0n) is 18.8. The molecule has 2 aliphatic rings. The predicted octanol–water partition coefficient (Wildman–Crippen LogP) is 2.57. The molecule has 0 amide bonds. The van der Waals surface area contributed by atoms with Crippen molar-refractivity contribution in [2.45, 2.75) is 56.9 Å². The number of ether oxygens (including phenoxy) is 1. The van der Waals surface area contributed by atoms with Crippen molar-refractivity contribution in [2.24, 2.45) is 16.6 Å². The number of aromatic nitrogens is 1. The van der Waals surface area contributed by atoms with Gasteiger partial charge in [-0.2, -0.15) is 5.26 Å². The predicted molar refractivity (Wildman–Crippen MR) is 128 cm³/mol. The quantitative estimate of drug-likeness (QED) is 0.460. The summed E-state index contributed by atoms with van der Waals surface area (Å²) in [5.41, 5.74) is 6.74. The van der Waals surface area contributed by atoms with Gasteiger partial charge in [0.2, 0.25) is 0 Å². The Kier molecular flexibility index (Phi) is 7.69. The molecule has 1 saturated heterocycles. The number of nitrogens with two attached hydrogens (primary N) is 1. The van der Waals surface area contributed by atoms with Gasteiger partial charge in [0.15, 0.2) is 0 Å².